The van der Waals surface area contributed by atoms with E-state index in [0.717, 1.165) is 12.3 Å². The Morgan fingerprint density at radius 3 is 2.62 bits per heavy atom. The normalized spacial score (nSPS) is 11.8. The van der Waals surface area contributed by atoms with Crippen LogP contribution in [0, 0.1) is 6.92 Å². The third-order valence-corrected chi connectivity index (χ3v) is 2.55. The van der Waals surface area contributed by atoms with Gasteiger partial charge in [-0.1, -0.05) is 29.8 Å². The molecule has 1 aromatic carbocycles. The molecule has 0 bridgehead atoms. The quantitative estimate of drug-likeness (QED) is 0.719. The predicted octanol–water partition coefficient (Wildman–Crippen LogP) is 2.31. The maximum Gasteiger partial charge on any atom is 0.0949 e. The molecule has 1 heterocycles. The van der Waals surface area contributed by atoms with E-state index in [4.69, 9.17) is 0 Å². The van der Waals surface area contributed by atoms with Crippen LogP contribution in [0.1, 0.15) is 11.1 Å². The van der Waals surface area contributed by atoms with E-state index in [9.17, 15) is 0 Å². The molecule has 0 amide bonds. The molecule has 0 fully saturated rings. The van der Waals surface area contributed by atoms with Crippen LogP contribution in [0.5, 0.6) is 0 Å². The van der Waals surface area contributed by atoms with Gasteiger partial charge in [-0.3, -0.25) is 4.99 Å². The molecular formula is C13H15N3. The summed E-state index contributed by atoms with van der Waals surface area (Å²) in [5.74, 6) is 0. The second kappa shape index (κ2) is 4.75. The number of benzene rings is 1. The van der Waals surface area contributed by atoms with Gasteiger partial charge in [-0.25, -0.2) is 4.98 Å². The summed E-state index contributed by atoms with van der Waals surface area (Å²) in [6.45, 7) is 2.85. The van der Waals surface area contributed by atoms with E-state index in [1.54, 1.807) is 12.5 Å². The topological polar surface area (TPSA) is 30.2 Å². The largest absolute Gasteiger partial charge is 0.331 e. The zero-order valence-corrected chi connectivity index (χ0v) is 9.59. The van der Waals surface area contributed by atoms with Gasteiger partial charge in [0.1, 0.15) is 0 Å². The Morgan fingerprint density at radius 1 is 1.31 bits per heavy atom. The smallest absolute Gasteiger partial charge is 0.0949 e. The Balaban J connectivity index is 2.20. The van der Waals surface area contributed by atoms with Crippen LogP contribution in [0.4, 0.5) is 0 Å². The van der Waals surface area contributed by atoms with Crippen molar-refractivity contribution in [1.82, 2.24) is 9.55 Å². The van der Waals surface area contributed by atoms with Crippen LogP contribution in [0.2, 0.25) is 0 Å². The van der Waals surface area contributed by atoms with Crippen LogP contribution in [-0.2, 0) is 6.54 Å². The lowest BCUT2D eigenvalue weighted by atomic mass is 10.1. The van der Waals surface area contributed by atoms with Gasteiger partial charge in [0.2, 0.25) is 0 Å². The van der Waals surface area contributed by atoms with Gasteiger partial charge < -0.3 is 4.57 Å². The fraction of sp³-hybridized carbons (Fsp3) is 0.231. The molecule has 0 aliphatic heterocycles. The van der Waals surface area contributed by atoms with Crippen LogP contribution in [0.25, 0.3) is 0 Å². The number of rotatable bonds is 3. The summed E-state index contributed by atoms with van der Waals surface area (Å²) in [6.07, 6.45) is 5.53. The number of imidazole rings is 1. The zero-order valence-electron chi connectivity index (χ0n) is 9.59. The summed E-state index contributed by atoms with van der Waals surface area (Å²) in [7, 11) is 1.83. The molecule has 82 valence electrons. The lowest BCUT2D eigenvalue weighted by Gasteiger charge is -2.07. The van der Waals surface area contributed by atoms with Crippen LogP contribution < -0.4 is 0 Å². The van der Waals surface area contributed by atoms with Crippen molar-refractivity contribution in [2.24, 2.45) is 4.99 Å². The van der Waals surface area contributed by atoms with Crippen molar-refractivity contribution in [3.63, 3.8) is 0 Å². The minimum absolute atomic E-state index is 0.763. The standard InChI is InChI=1S/C13H15N3/c1-11-3-5-12(6-4-11)13(14-2)9-16-8-7-15-10-16/h3-8,10H,9H2,1-2H3. The first-order chi connectivity index (χ1) is 7.79. The molecule has 0 saturated heterocycles. The lowest BCUT2D eigenvalue weighted by Crippen LogP contribution is -2.10. The maximum atomic E-state index is 4.33. The van der Waals surface area contributed by atoms with Gasteiger partial charge in [-0.15, -0.1) is 0 Å². The van der Waals surface area contributed by atoms with Gasteiger partial charge in [0.25, 0.3) is 0 Å². The molecule has 16 heavy (non-hydrogen) atoms. The molecule has 0 unspecified atom stereocenters. The zero-order chi connectivity index (χ0) is 11.4. The molecule has 0 spiro atoms. The first-order valence-electron chi connectivity index (χ1n) is 5.28. The Labute approximate surface area is 95.5 Å². The summed E-state index contributed by atoms with van der Waals surface area (Å²) < 4.78 is 2.02. The van der Waals surface area contributed by atoms with Gasteiger partial charge >= 0.3 is 0 Å². The average Bonchev–Trinajstić information content (AvgIpc) is 2.80. The second-order valence-corrected chi connectivity index (χ2v) is 3.77. The van der Waals surface area contributed by atoms with E-state index in [2.05, 4.69) is 41.2 Å². The molecule has 2 aromatic rings. The number of aliphatic imine (C=N–C) groups is 1. The van der Waals surface area contributed by atoms with Crippen molar-refractivity contribution in [2.45, 2.75) is 13.5 Å². The van der Waals surface area contributed by atoms with E-state index < -0.39 is 0 Å². The molecular weight excluding hydrogens is 198 g/mol. The number of nitrogens with zero attached hydrogens (tertiary/aromatic N) is 3. The SMILES string of the molecule is CN=C(Cn1ccnc1)c1ccc(C)cc1. The summed E-state index contributed by atoms with van der Waals surface area (Å²) in [4.78, 5) is 8.36. The van der Waals surface area contributed by atoms with Crippen molar-refractivity contribution in [3.8, 4) is 0 Å². The fourth-order valence-electron chi connectivity index (χ4n) is 1.59. The highest BCUT2D eigenvalue weighted by Gasteiger charge is 2.02. The number of aromatic nitrogens is 2. The fourth-order valence-corrected chi connectivity index (χ4v) is 1.59. The highest BCUT2D eigenvalue weighted by molar-refractivity contribution is 6.00. The summed E-state index contributed by atoms with van der Waals surface area (Å²) in [5.41, 5.74) is 3.50. The number of hydrogen-bond donors (Lipinski definition) is 0. The highest BCUT2D eigenvalue weighted by atomic mass is 15.0. The molecule has 3 heteroatoms. The minimum atomic E-state index is 0.763. The number of aryl methyl sites for hydroxylation is 1. The van der Waals surface area contributed by atoms with Gasteiger partial charge in [-0.2, -0.15) is 0 Å². The van der Waals surface area contributed by atoms with Crippen LogP contribution in [-0.4, -0.2) is 22.3 Å². The van der Waals surface area contributed by atoms with Crippen molar-refractivity contribution < 1.29 is 0 Å². The molecule has 0 aliphatic carbocycles. The lowest BCUT2D eigenvalue weighted by molar-refractivity contribution is 0.849. The van der Waals surface area contributed by atoms with Crippen molar-refractivity contribution >= 4 is 5.71 Å². The molecule has 0 aliphatic rings. The van der Waals surface area contributed by atoms with E-state index in [1.165, 1.54) is 11.1 Å². The molecule has 1 aromatic heterocycles. The molecule has 0 N–H and O–H groups in total. The average molecular weight is 213 g/mol. The Hall–Kier alpha value is -1.90. The van der Waals surface area contributed by atoms with Crippen LogP contribution in [0.15, 0.2) is 48.0 Å². The van der Waals surface area contributed by atoms with Crippen molar-refractivity contribution in [3.05, 3.63) is 54.1 Å². The molecule has 0 saturated carbocycles. The monoisotopic (exact) mass is 213 g/mol. The van der Waals surface area contributed by atoms with Crippen LogP contribution >= 0.6 is 0 Å². The van der Waals surface area contributed by atoms with Crippen molar-refractivity contribution in [1.29, 1.82) is 0 Å². The molecule has 0 radical (unpaired) electrons. The second-order valence-electron chi connectivity index (χ2n) is 3.77. The minimum Gasteiger partial charge on any atom is -0.331 e. The third kappa shape index (κ3) is 2.37. The van der Waals surface area contributed by atoms with Gasteiger partial charge in [0.05, 0.1) is 18.6 Å². The third-order valence-electron chi connectivity index (χ3n) is 2.55. The summed E-state index contributed by atoms with van der Waals surface area (Å²) in [5, 5.41) is 0. The summed E-state index contributed by atoms with van der Waals surface area (Å²) in [6, 6.07) is 8.42. The first-order valence-corrected chi connectivity index (χ1v) is 5.28. The Bertz CT molecular complexity index is 466. The van der Waals surface area contributed by atoms with Gasteiger partial charge in [0.15, 0.2) is 0 Å². The van der Waals surface area contributed by atoms with Crippen LogP contribution in [0.3, 0.4) is 0 Å². The van der Waals surface area contributed by atoms with E-state index in [1.807, 2.05) is 17.8 Å². The highest BCUT2D eigenvalue weighted by Crippen LogP contribution is 2.06. The van der Waals surface area contributed by atoms with E-state index in [-0.39, 0.29) is 0 Å². The van der Waals surface area contributed by atoms with Crippen molar-refractivity contribution in [2.75, 3.05) is 7.05 Å². The van der Waals surface area contributed by atoms with E-state index in [0.29, 0.717) is 0 Å². The van der Waals surface area contributed by atoms with Gasteiger partial charge in [0, 0.05) is 19.4 Å². The molecule has 2 rings (SSSR count). The molecule has 0 atom stereocenters. The van der Waals surface area contributed by atoms with Gasteiger partial charge in [-0.05, 0) is 12.5 Å². The maximum absolute atomic E-state index is 4.33. The molecule has 3 nitrogen and oxygen atoms in total. The Morgan fingerprint density at radius 2 is 2.06 bits per heavy atom. The number of hydrogen-bond acceptors (Lipinski definition) is 2. The predicted molar refractivity (Wildman–Crippen MR) is 65.9 cm³/mol. The Kier molecular flexibility index (Phi) is 3.15. The van der Waals surface area contributed by atoms with E-state index >= 15 is 0 Å². The summed E-state index contributed by atoms with van der Waals surface area (Å²) >= 11 is 0. The first kappa shape index (κ1) is 10.6.